The van der Waals surface area contributed by atoms with Crippen molar-refractivity contribution in [3.05, 3.63) is 158 Å². The van der Waals surface area contributed by atoms with E-state index in [9.17, 15) is 0 Å². The van der Waals surface area contributed by atoms with Crippen LogP contribution in [0.15, 0.2) is 158 Å². The summed E-state index contributed by atoms with van der Waals surface area (Å²) in [5, 5.41) is 13.4. The fourth-order valence-corrected chi connectivity index (χ4v) is 3.88. The Labute approximate surface area is 242 Å². The van der Waals surface area contributed by atoms with E-state index in [4.69, 9.17) is 0 Å². The molecule has 0 unspecified atom stereocenters. The number of anilines is 8. The molecule has 0 spiro atoms. The van der Waals surface area contributed by atoms with Crippen molar-refractivity contribution < 1.29 is 0 Å². The third-order valence-electron chi connectivity index (χ3n) is 5.79. The third-order valence-corrected chi connectivity index (χ3v) is 5.79. The van der Waals surface area contributed by atoms with Crippen LogP contribution in [0.4, 0.5) is 45.8 Å². The number of pyridine rings is 2. The van der Waals surface area contributed by atoms with Gasteiger partial charge >= 0.3 is 0 Å². The minimum absolute atomic E-state index is 0. The van der Waals surface area contributed by atoms with Crippen molar-refractivity contribution in [2.45, 2.75) is 7.43 Å². The molecule has 4 N–H and O–H groups in total. The van der Waals surface area contributed by atoms with Crippen LogP contribution in [-0.4, -0.2) is 9.97 Å². The van der Waals surface area contributed by atoms with Crippen LogP contribution in [0.3, 0.4) is 0 Å². The quantitative estimate of drug-likeness (QED) is 0.155. The van der Waals surface area contributed by atoms with Crippen LogP contribution in [0, 0.1) is 0 Å². The molecule has 0 aliphatic rings. The molecular weight excluding hydrogens is 504 g/mol. The Hall–Kier alpha value is -5.62. The van der Waals surface area contributed by atoms with Gasteiger partial charge in [-0.15, -0.1) is 0 Å². The molecule has 0 bridgehead atoms. The Morgan fingerprint density at radius 1 is 0.317 bits per heavy atom. The standard InChI is InChI=1S/2C17H15N3.CH4/c2*1-3-8-14(9-4-1)19-16-12-7-13-18-17(16)20-15-10-5-2-6-11-15;/h2*1-13,19H,(H,18,20);1H4. The molecule has 0 aliphatic carbocycles. The van der Waals surface area contributed by atoms with Crippen LogP contribution >= 0.6 is 0 Å². The fraction of sp³-hybridized carbons (Fsp3) is 0.0286. The van der Waals surface area contributed by atoms with Crippen LogP contribution in [0.5, 0.6) is 0 Å². The van der Waals surface area contributed by atoms with Crippen molar-refractivity contribution in [1.82, 2.24) is 9.97 Å². The van der Waals surface area contributed by atoms with E-state index < -0.39 is 0 Å². The first-order valence-electron chi connectivity index (χ1n) is 13.0. The van der Waals surface area contributed by atoms with Crippen LogP contribution in [0.25, 0.3) is 0 Å². The van der Waals surface area contributed by atoms with E-state index in [1.165, 1.54) is 0 Å². The highest BCUT2D eigenvalue weighted by atomic mass is 15.0. The Kier molecular flexibility index (Phi) is 10.5. The second-order valence-electron chi connectivity index (χ2n) is 8.76. The molecule has 0 atom stereocenters. The maximum Gasteiger partial charge on any atom is 0.154 e. The molecule has 0 radical (unpaired) electrons. The van der Waals surface area contributed by atoms with Gasteiger partial charge in [0.25, 0.3) is 0 Å². The number of hydrogen-bond acceptors (Lipinski definition) is 6. The van der Waals surface area contributed by atoms with E-state index >= 15 is 0 Å². The molecule has 4 aromatic carbocycles. The summed E-state index contributed by atoms with van der Waals surface area (Å²) in [6.07, 6.45) is 3.56. The van der Waals surface area contributed by atoms with Gasteiger partial charge in [0.05, 0.1) is 11.4 Å². The highest BCUT2D eigenvalue weighted by Gasteiger charge is 2.05. The number of nitrogens with one attached hydrogen (secondary N) is 4. The van der Waals surface area contributed by atoms with E-state index in [1.54, 1.807) is 12.4 Å². The second kappa shape index (κ2) is 15.1. The van der Waals surface area contributed by atoms with Crippen LogP contribution in [0.2, 0.25) is 0 Å². The smallest absolute Gasteiger partial charge is 0.154 e. The Morgan fingerprint density at radius 3 is 0.927 bits per heavy atom. The van der Waals surface area contributed by atoms with E-state index in [-0.39, 0.29) is 7.43 Å². The van der Waals surface area contributed by atoms with Crippen molar-refractivity contribution in [3.8, 4) is 0 Å². The summed E-state index contributed by atoms with van der Waals surface area (Å²) >= 11 is 0. The second-order valence-corrected chi connectivity index (χ2v) is 8.76. The molecule has 204 valence electrons. The van der Waals surface area contributed by atoms with Gasteiger partial charge in [0.2, 0.25) is 0 Å². The Balaban J connectivity index is 0.000000184. The molecule has 0 saturated carbocycles. The zero-order valence-electron chi connectivity index (χ0n) is 21.9. The van der Waals surface area contributed by atoms with Gasteiger partial charge in [0, 0.05) is 35.1 Å². The van der Waals surface area contributed by atoms with Gasteiger partial charge in [-0.2, -0.15) is 0 Å². The molecule has 0 aliphatic heterocycles. The third kappa shape index (κ3) is 8.70. The topological polar surface area (TPSA) is 73.9 Å². The van der Waals surface area contributed by atoms with Crippen molar-refractivity contribution in [3.63, 3.8) is 0 Å². The average Bonchev–Trinajstić information content (AvgIpc) is 3.02. The maximum atomic E-state index is 4.40. The lowest BCUT2D eigenvalue weighted by Crippen LogP contribution is -1.99. The summed E-state index contributed by atoms with van der Waals surface area (Å²) in [5.74, 6) is 1.62. The average molecular weight is 539 g/mol. The minimum Gasteiger partial charge on any atom is -0.353 e. The molecular formula is C35H34N6. The highest BCUT2D eigenvalue weighted by Crippen LogP contribution is 2.27. The van der Waals surface area contributed by atoms with Crippen molar-refractivity contribution in [1.29, 1.82) is 0 Å². The largest absolute Gasteiger partial charge is 0.353 e. The first-order chi connectivity index (χ1) is 19.8. The predicted octanol–water partition coefficient (Wildman–Crippen LogP) is 9.77. The zero-order chi connectivity index (χ0) is 27.2. The molecule has 0 fully saturated rings. The summed E-state index contributed by atoms with van der Waals surface area (Å²) in [5.41, 5.74) is 6.00. The van der Waals surface area contributed by atoms with Gasteiger partial charge in [-0.1, -0.05) is 80.2 Å². The van der Waals surface area contributed by atoms with Gasteiger partial charge in [-0.25, -0.2) is 9.97 Å². The van der Waals surface area contributed by atoms with E-state index in [1.807, 2.05) is 146 Å². The maximum absolute atomic E-state index is 4.40. The zero-order valence-corrected chi connectivity index (χ0v) is 21.9. The number of aromatic nitrogens is 2. The molecule has 41 heavy (non-hydrogen) atoms. The van der Waals surface area contributed by atoms with Gasteiger partial charge in [-0.05, 0) is 72.8 Å². The molecule has 6 nitrogen and oxygen atoms in total. The fourth-order valence-electron chi connectivity index (χ4n) is 3.88. The molecule has 6 aromatic rings. The Bertz CT molecular complexity index is 1330. The minimum atomic E-state index is 0. The first kappa shape index (κ1) is 28.4. The lowest BCUT2D eigenvalue weighted by atomic mass is 10.3. The molecule has 0 amide bonds. The van der Waals surface area contributed by atoms with Crippen LogP contribution in [0.1, 0.15) is 7.43 Å². The van der Waals surface area contributed by atoms with Crippen molar-refractivity contribution >= 4 is 45.8 Å². The van der Waals surface area contributed by atoms with E-state index in [0.717, 1.165) is 45.8 Å². The molecule has 6 heteroatoms. The van der Waals surface area contributed by atoms with Gasteiger partial charge in [-0.3, -0.25) is 0 Å². The van der Waals surface area contributed by atoms with Crippen molar-refractivity contribution in [2.75, 3.05) is 21.3 Å². The lowest BCUT2D eigenvalue weighted by Gasteiger charge is -2.12. The normalized spacial score (nSPS) is 9.76. The molecule has 6 rings (SSSR count). The van der Waals surface area contributed by atoms with Crippen LogP contribution < -0.4 is 21.3 Å². The SMILES string of the molecule is C.c1ccc(Nc2cccnc2Nc2ccccc2)cc1.c1ccc(Nc2cccnc2Nc2ccccc2)cc1. The number of rotatable bonds is 8. The predicted molar refractivity (Wildman–Crippen MR) is 174 cm³/mol. The summed E-state index contributed by atoms with van der Waals surface area (Å²) < 4.78 is 0. The molecule has 2 heterocycles. The van der Waals surface area contributed by atoms with E-state index in [0.29, 0.717) is 0 Å². The van der Waals surface area contributed by atoms with E-state index in [2.05, 4.69) is 31.2 Å². The molecule has 2 aromatic heterocycles. The van der Waals surface area contributed by atoms with Crippen LogP contribution in [-0.2, 0) is 0 Å². The summed E-state index contributed by atoms with van der Waals surface area (Å²) in [6, 6.07) is 48.0. The number of nitrogens with zero attached hydrogens (tertiary/aromatic N) is 2. The number of benzene rings is 4. The first-order valence-corrected chi connectivity index (χ1v) is 13.0. The lowest BCUT2D eigenvalue weighted by molar-refractivity contribution is 1.30. The van der Waals surface area contributed by atoms with Gasteiger partial charge in [0.1, 0.15) is 0 Å². The summed E-state index contributed by atoms with van der Waals surface area (Å²) in [6.45, 7) is 0. The van der Waals surface area contributed by atoms with Gasteiger partial charge in [0.15, 0.2) is 11.6 Å². The number of hydrogen-bond donors (Lipinski definition) is 4. The summed E-state index contributed by atoms with van der Waals surface area (Å²) in [7, 11) is 0. The summed E-state index contributed by atoms with van der Waals surface area (Å²) in [4.78, 5) is 8.79. The number of para-hydroxylation sites is 4. The highest BCUT2D eigenvalue weighted by molar-refractivity contribution is 5.76. The molecule has 0 saturated heterocycles. The van der Waals surface area contributed by atoms with Gasteiger partial charge < -0.3 is 21.3 Å². The monoisotopic (exact) mass is 538 g/mol. The van der Waals surface area contributed by atoms with Crippen molar-refractivity contribution in [2.24, 2.45) is 0 Å². The Morgan fingerprint density at radius 2 is 0.610 bits per heavy atom.